The first-order valence-corrected chi connectivity index (χ1v) is 6.53. The highest BCUT2D eigenvalue weighted by Crippen LogP contribution is 2.41. The molecule has 2 aliphatic rings. The third kappa shape index (κ3) is 1.49. The third-order valence-electron chi connectivity index (χ3n) is 3.68. The van der Waals surface area contributed by atoms with Crippen LogP contribution in [0.3, 0.4) is 0 Å². The fourth-order valence-electron chi connectivity index (χ4n) is 3.02. The average Bonchev–Trinajstić information content (AvgIpc) is 2.81. The Morgan fingerprint density at radius 3 is 2.53 bits per heavy atom. The maximum atomic E-state index is 10.7. The topological polar surface area (TPSA) is 20.3 Å². The Morgan fingerprint density at radius 1 is 1.20 bits per heavy atom. The lowest BCUT2D eigenvalue weighted by atomic mass is 10.0. The highest BCUT2D eigenvalue weighted by atomic mass is 32.1. The van der Waals surface area contributed by atoms with Crippen LogP contribution in [-0.4, -0.2) is 18.4 Å². The quantitative estimate of drug-likeness (QED) is 0.715. The van der Waals surface area contributed by atoms with Gasteiger partial charge in [-0.15, -0.1) is 11.3 Å². The first-order valence-electron chi connectivity index (χ1n) is 5.72. The number of fused-ring (bicyclic) bond motifs is 2. The molecule has 0 N–H and O–H groups in total. The second-order valence-corrected chi connectivity index (χ2v) is 5.61. The van der Waals surface area contributed by atoms with Crippen LogP contribution in [0.4, 0.5) is 5.00 Å². The van der Waals surface area contributed by atoms with Crippen LogP contribution in [-0.2, 0) is 0 Å². The van der Waals surface area contributed by atoms with Crippen molar-refractivity contribution in [3.8, 4) is 0 Å². The molecule has 2 bridgehead atoms. The van der Waals surface area contributed by atoms with E-state index in [4.69, 9.17) is 0 Å². The van der Waals surface area contributed by atoms with Crippen molar-refractivity contribution in [2.45, 2.75) is 44.2 Å². The van der Waals surface area contributed by atoms with Gasteiger partial charge in [-0.3, -0.25) is 4.79 Å². The number of rotatable bonds is 2. The molecule has 0 aromatic carbocycles. The van der Waals surface area contributed by atoms with Crippen LogP contribution in [0.25, 0.3) is 0 Å². The Labute approximate surface area is 93.9 Å². The minimum Gasteiger partial charge on any atom is -0.357 e. The molecule has 3 rings (SSSR count). The van der Waals surface area contributed by atoms with Gasteiger partial charge in [0.05, 0.1) is 9.88 Å². The summed E-state index contributed by atoms with van der Waals surface area (Å²) in [6.07, 6.45) is 7.71. The largest absolute Gasteiger partial charge is 0.357 e. The van der Waals surface area contributed by atoms with Crippen molar-refractivity contribution >= 4 is 22.6 Å². The molecule has 1 aromatic heterocycles. The summed E-state index contributed by atoms with van der Waals surface area (Å²) in [7, 11) is 0. The molecule has 80 valence electrons. The number of carbonyl (C=O) groups excluding carboxylic acids is 1. The van der Waals surface area contributed by atoms with Gasteiger partial charge in [-0.1, -0.05) is 0 Å². The van der Waals surface area contributed by atoms with Gasteiger partial charge in [0.2, 0.25) is 0 Å². The number of thiophene rings is 1. The van der Waals surface area contributed by atoms with E-state index in [0.717, 1.165) is 23.2 Å². The van der Waals surface area contributed by atoms with E-state index in [0.29, 0.717) is 0 Å². The first kappa shape index (κ1) is 9.40. The average molecular weight is 221 g/mol. The molecule has 0 amide bonds. The molecule has 2 fully saturated rings. The van der Waals surface area contributed by atoms with E-state index >= 15 is 0 Å². The zero-order valence-corrected chi connectivity index (χ0v) is 9.50. The van der Waals surface area contributed by atoms with Gasteiger partial charge in [0.25, 0.3) is 0 Å². The van der Waals surface area contributed by atoms with E-state index in [1.54, 1.807) is 11.3 Å². The van der Waals surface area contributed by atoms with Crippen LogP contribution < -0.4 is 4.90 Å². The molecule has 2 atom stereocenters. The van der Waals surface area contributed by atoms with E-state index in [2.05, 4.69) is 11.0 Å². The molecule has 0 spiro atoms. The van der Waals surface area contributed by atoms with E-state index in [9.17, 15) is 4.79 Å². The summed E-state index contributed by atoms with van der Waals surface area (Å²) in [5, 5.41) is 1.31. The maximum absolute atomic E-state index is 10.7. The summed E-state index contributed by atoms with van der Waals surface area (Å²) in [6.45, 7) is 0. The predicted molar refractivity (Wildman–Crippen MR) is 62.8 cm³/mol. The molecule has 0 aliphatic carbocycles. The van der Waals surface area contributed by atoms with Gasteiger partial charge < -0.3 is 4.90 Å². The van der Waals surface area contributed by atoms with Crippen molar-refractivity contribution in [1.82, 2.24) is 0 Å². The number of hydrogen-bond donors (Lipinski definition) is 0. The van der Waals surface area contributed by atoms with Crippen molar-refractivity contribution in [2.24, 2.45) is 0 Å². The molecule has 3 heterocycles. The lowest BCUT2D eigenvalue weighted by Crippen LogP contribution is -2.39. The standard InChI is InChI=1S/C12H15NOS/c14-8-11-6-7-12(15-11)13-9-2-1-3-10(13)5-4-9/h6-10H,1-5H2. The van der Waals surface area contributed by atoms with E-state index in [1.807, 2.05) is 6.07 Å². The molecule has 2 saturated heterocycles. The first-order chi connectivity index (χ1) is 7.38. The van der Waals surface area contributed by atoms with Crippen molar-refractivity contribution in [3.63, 3.8) is 0 Å². The number of nitrogens with zero attached hydrogens (tertiary/aromatic N) is 1. The second-order valence-electron chi connectivity index (χ2n) is 4.52. The number of carbonyl (C=O) groups is 1. The van der Waals surface area contributed by atoms with E-state index in [1.165, 1.54) is 37.1 Å². The summed E-state index contributed by atoms with van der Waals surface area (Å²) in [5.41, 5.74) is 0. The van der Waals surface area contributed by atoms with Crippen molar-refractivity contribution in [3.05, 3.63) is 17.0 Å². The lowest BCUT2D eigenvalue weighted by Gasteiger charge is -2.35. The summed E-state index contributed by atoms with van der Waals surface area (Å²) in [4.78, 5) is 14.1. The van der Waals surface area contributed by atoms with Crippen LogP contribution in [0, 0.1) is 0 Å². The highest BCUT2D eigenvalue weighted by Gasteiger charge is 2.36. The highest BCUT2D eigenvalue weighted by molar-refractivity contribution is 7.17. The lowest BCUT2D eigenvalue weighted by molar-refractivity contribution is 0.112. The molecule has 2 unspecified atom stereocenters. The van der Waals surface area contributed by atoms with Crippen LogP contribution >= 0.6 is 11.3 Å². The monoisotopic (exact) mass is 221 g/mol. The number of piperidine rings is 1. The van der Waals surface area contributed by atoms with E-state index in [-0.39, 0.29) is 0 Å². The Bertz CT molecular complexity index is 357. The number of aldehydes is 1. The van der Waals surface area contributed by atoms with Crippen LogP contribution in [0.5, 0.6) is 0 Å². The number of hydrogen-bond acceptors (Lipinski definition) is 3. The molecule has 3 heteroatoms. The van der Waals surface area contributed by atoms with Crippen molar-refractivity contribution < 1.29 is 4.79 Å². The Hall–Kier alpha value is -0.830. The third-order valence-corrected chi connectivity index (χ3v) is 4.70. The van der Waals surface area contributed by atoms with Crippen LogP contribution in [0.2, 0.25) is 0 Å². The van der Waals surface area contributed by atoms with Crippen molar-refractivity contribution in [2.75, 3.05) is 4.90 Å². The minimum absolute atomic E-state index is 0.752. The molecule has 0 radical (unpaired) electrons. The van der Waals surface area contributed by atoms with Gasteiger partial charge >= 0.3 is 0 Å². The Morgan fingerprint density at radius 2 is 1.93 bits per heavy atom. The molecular formula is C12H15NOS. The maximum Gasteiger partial charge on any atom is 0.160 e. The normalized spacial score (nSPS) is 29.5. The Balaban J connectivity index is 1.90. The predicted octanol–water partition coefficient (Wildman–Crippen LogP) is 3.08. The van der Waals surface area contributed by atoms with Gasteiger partial charge in [0, 0.05) is 12.1 Å². The van der Waals surface area contributed by atoms with Gasteiger partial charge in [-0.25, -0.2) is 0 Å². The second kappa shape index (κ2) is 3.63. The van der Waals surface area contributed by atoms with Crippen LogP contribution in [0.15, 0.2) is 12.1 Å². The summed E-state index contributed by atoms with van der Waals surface area (Å²) >= 11 is 1.64. The Kier molecular flexibility index (Phi) is 2.28. The zero-order valence-electron chi connectivity index (χ0n) is 8.69. The van der Waals surface area contributed by atoms with Gasteiger partial charge in [-0.2, -0.15) is 0 Å². The fraction of sp³-hybridized carbons (Fsp3) is 0.583. The number of anilines is 1. The van der Waals surface area contributed by atoms with Crippen LogP contribution in [0.1, 0.15) is 41.8 Å². The zero-order chi connectivity index (χ0) is 10.3. The smallest absolute Gasteiger partial charge is 0.160 e. The fourth-order valence-corrected chi connectivity index (χ4v) is 3.99. The summed E-state index contributed by atoms with van der Waals surface area (Å²) in [6, 6.07) is 5.57. The summed E-state index contributed by atoms with van der Waals surface area (Å²) in [5.74, 6) is 0. The SMILES string of the molecule is O=Cc1ccc(N2C3CCCC2CC3)s1. The molecule has 15 heavy (non-hydrogen) atoms. The van der Waals surface area contributed by atoms with Gasteiger partial charge in [-0.05, 0) is 44.2 Å². The van der Waals surface area contributed by atoms with Gasteiger partial charge in [0.15, 0.2) is 6.29 Å². The van der Waals surface area contributed by atoms with Gasteiger partial charge in [0.1, 0.15) is 0 Å². The summed E-state index contributed by atoms with van der Waals surface area (Å²) < 4.78 is 0. The molecule has 1 aromatic rings. The van der Waals surface area contributed by atoms with Crippen molar-refractivity contribution in [1.29, 1.82) is 0 Å². The van der Waals surface area contributed by atoms with E-state index < -0.39 is 0 Å². The molecule has 2 nitrogen and oxygen atoms in total. The molecule has 0 saturated carbocycles. The minimum atomic E-state index is 0.752. The molecule has 2 aliphatic heterocycles. The molecular weight excluding hydrogens is 206 g/mol.